The maximum absolute atomic E-state index is 13.1. The number of aliphatic hydroxyl groups excluding tert-OH is 1. The maximum Gasteiger partial charge on any atom is 0.295 e. The quantitative estimate of drug-likeness (QED) is 0.286. The standard InChI is InChI=1S/C26H29NO6/c1-15(2)32-11-5-10-27-23(17-6-4-7-20(28)14-17)22(25(30)26(27)31)24(29)18-8-9-21-19(13-18)12-16(3)33-21/h4,6-9,13-16,23,28-29H,5,10-12H2,1-3H3/b24-22-. The molecule has 2 aromatic rings. The Hall–Kier alpha value is -3.32. The SMILES string of the molecule is CC(C)OCCCN1C(=O)C(=O)/C(=C(\O)c2ccc3c(c2)CC(C)O3)C1c1cccc(O)c1. The minimum Gasteiger partial charge on any atom is -0.508 e. The normalized spacial score (nSPS) is 21.5. The molecule has 2 heterocycles. The molecule has 0 aromatic heterocycles. The lowest BCUT2D eigenvalue weighted by atomic mass is 9.94. The van der Waals surface area contributed by atoms with E-state index >= 15 is 0 Å². The molecule has 1 amide bonds. The molecule has 0 radical (unpaired) electrons. The number of benzene rings is 2. The largest absolute Gasteiger partial charge is 0.508 e. The minimum atomic E-state index is -0.806. The fourth-order valence-electron chi connectivity index (χ4n) is 4.43. The van der Waals surface area contributed by atoms with E-state index in [1.54, 1.807) is 30.3 Å². The molecular formula is C26H29NO6. The maximum atomic E-state index is 13.1. The molecule has 0 bridgehead atoms. The molecule has 2 aliphatic heterocycles. The Morgan fingerprint density at radius 2 is 2.00 bits per heavy atom. The number of carbonyl (C=O) groups excluding carboxylic acids is 2. The van der Waals surface area contributed by atoms with Crippen molar-refractivity contribution in [1.82, 2.24) is 4.90 Å². The van der Waals surface area contributed by atoms with Gasteiger partial charge >= 0.3 is 0 Å². The minimum absolute atomic E-state index is 0.0160. The number of phenolic OH excluding ortho intramolecular Hbond substituents is 1. The smallest absolute Gasteiger partial charge is 0.295 e. The van der Waals surface area contributed by atoms with Gasteiger partial charge in [-0.1, -0.05) is 12.1 Å². The summed E-state index contributed by atoms with van der Waals surface area (Å²) < 4.78 is 11.3. The molecule has 0 spiro atoms. The van der Waals surface area contributed by atoms with Crippen molar-refractivity contribution in [1.29, 1.82) is 0 Å². The summed E-state index contributed by atoms with van der Waals surface area (Å²) in [7, 11) is 0. The van der Waals surface area contributed by atoms with Crippen molar-refractivity contribution in [2.24, 2.45) is 0 Å². The van der Waals surface area contributed by atoms with Crippen molar-refractivity contribution >= 4 is 17.4 Å². The number of fused-ring (bicyclic) bond motifs is 1. The van der Waals surface area contributed by atoms with Gasteiger partial charge in [0.25, 0.3) is 11.7 Å². The van der Waals surface area contributed by atoms with E-state index < -0.39 is 17.7 Å². The van der Waals surface area contributed by atoms with Gasteiger partial charge in [0.1, 0.15) is 23.4 Å². The predicted octanol–water partition coefficient (Wildman–Crippen LogP) is 3.95. The molecule has 7 heteroatoms. The number of phenols is 1. The topological polar surface area (TPSA) is 96.3 Å². The van der Waals surface area contributed by atoms with Crippen LogP contribution in [-0.4, -0.2) is 52.2 Å². The first-order valence-corrected chi connectivity index (χ1v) is 11.2. The zero-order chi connectivity index (χ0) is 23.7. The van der Waals surface area contributed by atoms with Crippen LogP contribution in [0.25, 0.3) is 5.76 Å². The summed E-state index contributed by atoms with van der Waals surface area (Å²) in [6.45, 7) is 6.55. The lowest BCUT2D eigenvalue weighted by molar-refractivity contribution is -0.140. The number of carbonyl (C=O) groups is 2. The second kappa shape index (κ2) is 9.27. The van der Waals surface area contributed by atoms with Crippen LogP contribution in [0.2, 0.25) is 0 Å². The molecule has 33 heavy (non-hydrogen) atoms. The van der Waals surface area contributed by atoms with Crippen LogP contribution < -0.4 is 4.74 Å². The third-order valence-corrected chi connectivity index (χ3v) is 5.89. The number of rotatable bonds is 7. The number of amides is 1. The highest BCUT2D eigenvalue weighted by Crippen LogP contribution is 2.41. The van der Waals surface area contributed by atoms with E-state index in [0.717, 1.165) is 11.3 Å². The molecule has 2 aromatic carbocycles. The molecule has 7 nitrogen and oxygen atoms in total. The van der Waals surface area contributed by atoms with Crippen molar-refractivity contribution in [3.8, 4) is 11.5 Å². The molecular weight excluding hydrogens is 422 g/mol. The Labute approximate surface area is 193 Å². The summed E-state index contributed by atoms with van der Waals surface area (Å²) >= 11 is 0. The Balaban J connectivity index is 1.74. The number of hydrogen-bond donors (Lipinski definition) is 2. The highest BCUT2D eigenvalue weighted by atomic mass is 16.5. The molecule has 0 aliphatic carbocycles. The summed E-state index contributed by atoms with van der Waals surface area (Å²) in [5.41, 5.74) is 1.97. The average Bonchev–Trinajstić information content (AvgIpc) is 3.26. The number of ketones is 1. The molecule has 2 unspecified atom stereocenters. The third-order valence-electron chi connectivity index (χ3n) is 5.89. The van der Waals surface area contributed by atoms with Gasteiger partial charge in [0.05, 0.1) is 17.7 Å². The van der Waals surface area contributed by atoms with Gasteiger partial charge in [-0.05, 0) is 68.7 Å². The van der Waals surface area contributed by atoms with Crippen molar-refractivity contribution in [3.63, 3.8) is 0 Å². The number of likely N-dealkylation sites (tertiary alicyclic amines) is 1. The van der Waals surface area contributed by atoms with E-state index in [1.165, 1.54) is 17.0 Å². The summed E-state index contributed by atoms with van der Waals surface area (Å²) in [4.78, 5) is 27.5. The number of nitrogens with zero attached hydrogens (tertiary/aromatic N) is 1. The first-order chi connectivity index (χ1) is 15.8. The van der Waals surface area contributed by atoms with E-state index in [4.69, 9.17) is 9.47 Å². The van der Waals surface area contributed by atoms with Gasteiger partial charge in [0, 0.05) is 25.1 Å². The zero-order valence-electron chi connectivity index (χ0n) is 19.1. The summed E-state index contributed by atoms with van der Waals surface area (Å²) in [6, 6.07) is 10.9. The van der Waals surface area contributed by atoms with Gasteiger partial charge in [-0.2, -0.15) is 0 Å². The van der Waals surface area contributed by atoms with Crippen LogP contribution in [0.3, 0.4) is 0 Å². The highest BCUT2D eigenvalue weighted by Gasteiger charge is 2.46. The monoisotopic (exact) mass is 451 g/mol. The summed E-state index contributed by atoms with van der Waals surface area (Å²) in [5, 5.41) is 21.3. The fourth-order valence-corrected chi connectivity index (χ4v) is 4.43. The Kier molecular flexibility index (Phi) is 6.42. The van der Waals surface area contributed by atoms with Gasteiger partial charge in [-0.25, -0.2) is 0 Å². The molecule has 2 aliphatic rings. The van der Waals surface area contributed by atoms with E-state index in [2.05, 4.69) is 0 Å². The van der Waals surface area contributed by atoms with Crippen LogP contribution >= 0.6 is 0 Å². The molecule has 0 saturated carbocycles. The molecule has 1 fully saturated rings. The lowest BCUT2D eigenvalue weighted by Crippen LogP contribution is -2.31. The Morgan fingerprint density at radius 1 is 1.21 bits per heavy atom. The molecule has 2 N–H and O–H groups in total. The molecule has 1 saturated heterocycles. The average molecular weight is 452 g/mol. The molecule has 4 rings (SSSR count). The number of aromatic hydroxyl groups is 1. The third kappa shape index (κ3) is 4.59. The van der Waals surface area contributed by atoms with Crippen LogP contribution in [0, 0.1) is 0 Å². The second-order valence-electron chi connectivity index (χ2n) is 8.82. The first-order valence-electron chi connectivity index (χ1n) is 11.2. The van der Waals surface area contributed by atoms with Crippen LogP contribution in [0.15, 0.2) is 48.0 Å². The number of aliphatic hydroxyl groups is 1. The van der Waals surface area contributed by atoms with E-state index in [9.17, 15) is 19.8 Å². The van der Waals surface area contributed by atoms with Gasteiger partial charge in [0.2, 0.25) is 0 Å². The highest BCUT2D eigenvalue weighted by molar-refractivity contribution is 6.46. The van der Waals surface area contributed by atoms with Crippen molar-refractivity contribution < 1.29 is 29.3 Å². The van der Waals surface area contributed by atoms with Gasteiger partial charge in [-0.15, -0.1) is 0 Å². The van der Waals surface area contributed by atoms with Crippen LogP contribution in [-0.2, 0) is 20.7 Å². The Morgan fingerprint density at radius 3 is 2.73 bits per heavy atom. The molecule has 174 valence electrons. The van der Waals surface area contributed by atoms with Gasteiger partial charge in [-0.3, -0.25) is 9.59 Å². The van der Waals surface area contributed by atoms with Crippen LogP contribution in [0.5, 0.6) is 11.5 Å². The predicted molar refractivity (Wildman–Crippen MR) is 123 cm³/mol. The number of ether oxygens (including phenoxy) is 2. The fraction of sp³-hybridized carbons (Fsp3) is 0.385. The lowest BCUT2D eigenvalue weighted by Gasteiger charge is -2.25. The van der Waals surface area contributed by atoms with Gasteiger partial charge in [0.15, 0.2) is 0 Å². The van der Waals surface area contributed by atoms with E-state index in [-0.39, 0.29) is 35.8 Å². The zero-order valence-corrected chi connectivity index (χ0v) is 19.1. The summed E-state index contributed by atoms with van der Waals surface area (Å²) in [6.07, 6.45) is 1.35. The van der Waals surface area contributed by atoms with Crippen molar-refractivity contribution in [2.75, 3.05) is 13.2 Å². The van der Waals surface area contributed by atoms with Crippen LogP contribution in [0.1, 0.15) is 49.9 Å². The molecule has 2 atom stereocenters. The van der Waals surface area contributed by atoms with E-state index in [0.29, 0.717) is 30.6 Å². The van der Waals surface area contributed by atoms with Crippen LogP contribution in [0.4, 0.5) is 0 Å². The number of hydrogen-bond acceptors (Lipinski definition) is 6. The van der Waals surface area contributed by atoms with Crippen molar-refractivity contribution in [3.05, 3.63) is 64.7 Å². The van der Waals surface area contributed by atoms with Gasteiger partial charge < -0.3 is 24.6 Å². The second-order valence-corrected chi connectivity index (χ2v) is 8.82. The van der Waals surface area contributed by atoms with Crippen molar-refractivity contribution in [2.45, 2.75) is 51.9 Å². The summed E-state index contributed by atoms with van der Waals surface area (Å²) in [5.74, 6) is -0.868. The Bertz CT molecular complexity index is 1110. The van der Waals surface area contributed by atoms with E-state index in [1.807, 2.05) is 20.8 Å². The number of Topliss-reactive ketones (excluding diaryl/α,β-unsaturated/α-hetero) is 1. The first kappa shape index (κ1) is 22.9.